The van der Waals surface area contributed by atoms with Gasteiger partial charge in [-0.05, 0) is 43.8 Å². The first-order valence-corrected chi connectivity index (χ1v) is 10.7. The zero-order chi connectivity index (χ0) is 22.1. The van der Waals surface area contributed by atoms with Crippen molar-refractivity contribution >= 4 is 11.8 Å². The Morgan fingerprint density at radius 2 is 1.87 bits per heavy atom. The van der Waals surface area contributed by atoms with E-state index in [9.17, 15) is 0 Å². The van der Waals surface area contributed by atoms with Gasteiger partial charge in [-0.25, -0.2) is 9.98 Å². The summed E-state index contributed by atoms with van der Waals surface area (Å²) >= 11 is 0. The summed E-state index contributed by atoms with van der Waals surface area (Å²) in [6.07, 6.45) is 1.88. The van der Waals surface area contributed by atoms with Gasteiger partial charge in [0, 0.05) is 57.1 Å². The molecule has 0 spiro atoms. The van der Waals surface area contributed by atoms with Crippen LogP contribution in [0.3, 0.4) is 0 Å². The second-order valence-corrected chi connectivity index (χ2v) is 7.54. The molecule has 0 amide bonds. The highest BCUT2D eigenvalue weighted by molar-refractivity contribution is 5.79. The molecule has 0 radical (unpaired) electrons. The van der Waals surface area contributed by atoms with Crippen LogP contribution in [0.4, 0.5) is 5.82 Å². The first-order valence-electron chi connectivity index (χ1n) is 10.7. The van der Waals surface area contributed by atoms with Crippen LogP contribution < -0.4 is 25.0 Å². The van der Waals surface area contributed by atoms with Crippen LogP contribution in [0.1, 0.15) is 18.1 Å². The molecule has 0 bridgehead atoms. The molecule has 0 aliphatic carbocycles. The number of nitrogens with one attached hydrogen (secondary N) is 2. The summed E-state index contributed by atoms with van der Waals surface area (Å²) in [4.78, 5) is 14.0. The predicted octanol–water partition coefficient (Wildman–Crippen LogP) is 2.11. The summed E-state index contributed by atoms with van der Waals surface area (Å²) in [6, 6.07) is 9.99. The number of likely N-dealkylation sites (N-methyl/N-ethyl adjacent to an activating group) is 1. The molecular formula is C23H34N6O2. The Bertz CT molecular complexity index is 865. The average Bonchev–Trinajstić information content (AvgIpc) is 2.81. The van der Waals surface area contributed by atoms with Crippen molar-refractivity contribution in [2.45, 2.75) is 20.0 Å². The summed E-state index contributed by atoms with van der Waals surface area (Å²) in [7, 11) is 5.47. The Kier molecular flexibility index (Phi) is 8.35. The fourth-order valence-corrected chi connectivity index (χ4v) is 3.46. The molecule has 2 heterocycles. The van der Waals surface area contributed by atoms with Crippen LogP contribution in [0.5, 0.6) is 11.5 Å². The van der Waals surface area contributed by atoms with Gasteiger partial charge in [0.05, 0.1) is 20.8 Å². The highest BCUT2D eigenvalue weighted by atomic mass is 16.5. The second-order valence-electron chi connectivity index (χ2n) is 7.54. The molecule has 1 saturated heterocycles. The third-order valence-corrected chi connectivity index (χ3v) is 5.34. The van der Waals surface area contributed by atoms with Gasteiger partial charge in [-0.3, -0.25) is 0 Å². The van der Waals surface area contributed by atoms with Crippen molar-refractivity contribution in [1.82, 2.24) is 20.5 Å². The summed E-state index contributed by atoms with van der Waals surface area (Å²) in [5.41, 5.74) is 2.18. The standard InChI is InChI=1S/C23H34N6O2/c1-5-24-23(27-17-19-6-7-20(30-3)15-21(19)31-4)26-16-18-8-9-25-22(14-18)29-12-10-28(2)11-13-29/h6-9,14-15H,5,10-13,16-17H2,1-4H3,(H2,24,26,27). The zero-order valence-corrected chi connectivity index (χ0v) is 19.0. The Balaban J connectivity index is 1.64. The number of hydrogen-bond donors (Lipinski definition) is 2. The van der Waals surface area contributed by atoms with E-state index in [1.807, 2.05) is 30.5 Å². The highest BCUT2D eigenvalue weighted by Gasteiger charge is 2.15. The number of pyridine rings is 1. The van der Waals surface area contributed by atoms with E-state index in [4.69, 9.17) is 14.5 Å². The molecule has 1 aliphatic rings. The van der Waals surface area contributed by atoms with Crippen molar-refractivity contribution in [2.75, 3.05) is 58.9 Å². The highest BCUT2D eigenvalue weighted by Crippen LogP contribution is 2.24. The van der Waals surface area contributed by atoms with Crippen LogP contribution >= 0.6 is 0 Å². The van der Waals surface area contributed by atoms with E-state index in [1.165, 1.54) is 0 Å². The lowest BCUT2D eigenvalue weighted by molar-refractivity contribution is 0.312. The molecule has 1 aliphatic heterocycles. The van der Waals surface area contributed by atoms with E-state index in [1.54, 1.807) is 14.2 Å². The first-order chi connectivity index (χ1) is 15.1. The van der Waals surface area contributed by atoms with E-state index >= 15 is 0 Å². The summed E-state index contributed by atoms with van der Waals surface area (Å²) in [5.74, 6) is 3.35. The van der Waals surface area contributed by atoms with E-state index in [-0.39, 0.29) is 0 Å². The van der Waals surface area contributed by atoms with Gasteiger partial charge in [-0.1, -0.05) is 0 Å². The number of aliphatic imine (C=N–C) groups is 1. The third-order valence-electron chi connectivity index (χ3n) is 5.34. The maximum absolute atomic E-state index is 5.49. The van der Waals surface area contributed by atoms with Gasteiger partial charge < -0.3 is 29.9 Å². The van der Waals surface area contributed by atoms with E-state index in [0.717, 1.165) is 67.1 Å². The van der Waals surface area contributed by atoms with Crippen molar-refractivity contribution in [2.24, 2.45) is 4.99 Å². The fraction of sp³-hybridized carbons (Fsp3) is 0.478. The molecule has 1 fully saturated rings. The number of aromatic nitrogens is 1. The minimum absolute atomic E-state index is 0.582. The van der Waals surface area contributed by atoms with Gasteiger partial charge in [0.15, 0.2) is 5.96 Å². The Labute approximate surface area is 185 Å². The second kappa shape index (κ2) is 11.4. The van der Waals surface area contributed by atoms with Crippen molar-refractivity contribution in [3.63, 3.8) is 0 Å². The smallest absolute Gasteiger partial charge is 0.191 e. The molecule has 0 atom stereocenters. The molecule has 8 nitrogen and oxygen atoms in total. The quantitative estimate of drug-likeness (QED) is 0.495. The van der Waals surface area contributed by atoms with E-state index < -0.39 is 0 Å². The van der Waals surface area contributed by atoms with Crippen LogP contribution in [-0.4, -0.2) is 69.8 Å². The largest absolute Gasteiger partial charge is 0.497 e. The average molecular weight is 427 g/mol. The van der Waals surface area contributed by atoms with Crippen LogP contribution in [0.2, 0.25) is 0 Å². The number of hydrogen-bond acceptors (Lipinski definition) is 6. The number of guanidine groups is 1. The lowest BCUT2D eigenvalue weighted by Crippen LogP contribution is -2.44. The number of anilines is 1. The molecular weight excluding hydrogens is 392 g/mol. The molecule has 1 aromatic heterocycles. The predicted molar refractivity (Wildman–Crippen MR) is 125 cm³/mol. The topological polar surface area (TPSA) is 74.3 Å². The number of benzene rings is 1. The van der Waals surface area contributed by atoms with Crippen molar-refractivity contribution in [1.29, 1.82) is 0 Å². The minimum Gasteiger partial charge on any atom is -0.497 e. The molecule has 8 heteroatoms. The van der Waals surface area contributed by atoms with Gasteiger partial charge in [0.25, 0.3) is 0 Å². The maximum Gasteiger partial charge on any atom is 0.191 e. The van der Waals surface area contributed by atoms with E-state index in [2.05, 4.69) is 45.5 Å². The van der Waals surface area contributed by atoms with Crippen molar-refractivity contribution < 1.29 is 9.47 Å². The summed E-state index contributed by atoms with van der Waals surface area (Å²) in [6.45, 7) is 8.16. The molecule has 2 aromatic rings. The van der Waals surface area contributed by atoms with Crippen LogP contribution in [0.25, 0.3) is 0 Å². The Morgan fingerprint density at radius 3 is 2.58 bits per heavy atom. The molecule has 168 valence electrons. The number of nitrogens with zero attached hydrogens (tertiary/aromatic N) is 4. The number of rotatable bonds is 8. The monoisotopic (exact) mass is 426 g/mol. The fourth-order valence-electron chi connectivity index (χ4n) is 3.46. The maximum atomic E-state index is 5.49. The third kappa shape index (κ3) is 6.49. The molecule has 0 saturated carbocycles. The lowest BCUT2D eigenvalue weighted by Gasteiger charge is -2.33. The molecule has 3 rings (SSSR count). The number of piperazine rings is 1. The molecule has 1 aromatic carbocycles. The van der Waals surface area contributed by atoms with Gasteiger partial charge in [0.2, 0.25) is 0 Å². The number of methoxy groups -OCH3 is 2. The first kappa shape index (κ1) is 22.7. The lowest BCUT2D eigenvalue weighted by atomic mass is 10.2. The van der Waals surface area contributed by atoms with Gasteiger partial charge in [-0.15, -0.1) is 0 Å². The molecule has 0 unspecified atom stereocenters. The normalized spacial score (nSPS) is 15.0. The molecule has 31 heavy (non-hydrogen) atoms. The minimum atomic E-state index is 0.582. The zero-order valence-electron chi connectivity index (χ0n) is 19.0. The van der Waals surface area contributed by atoms with Gasteiger partial charge in [-0.2, -0.15) is 0 Å². The number of ether oxygens (including phenoxy) is 2. The van der Waals surface area contributed by atoms with Crippen LogP contribution in [0, 0.1) is 0 Å². The van der Waals surface area contributed by atoms with Gasteiger partial charge in [0.1, 0.15) is 17.3 Å². The van der Waals surface area contributed by atoms with Crippen LogP contribution in [-0.2, 0) is 13.1 Å². The summed E-state index contributed by atoms with van der Waals surface area (Å²) < 4.78 is 10.8. The van der Waals surface area contributed by atoms with Crippen molar-refractivity contribution in [3.05, 3.63) is 47.7 Å². The van der Waals surface area contributed by atoms with Gasteiger partial charge >= 0.3 is 0 Å². The van der Waals surface area contributed by atoms with E-state index in [0.29, 0.717) is 13.1 Å². The molecule has 2 N–H and O–H groups in total. The SMILES string of the molecule is CCNC(=NCc1ccnc(N2CCN(C)CC2)c1)NCc1ccc(OC)cc1OC. The van der Waals surface area contributed by atoms with Crippen molar-refractivity contribution in [3.8, 4) is 11.5 Å². The Morgan fingerprint density at radius 1 is 1.06 bits per heavy atom. The van der Waals surface area contributed by atoms with Crippen LogP contribution in [0.15, 0.2) is 41.5 Å². The Hall–Kier alpha value is -3.00. The summed E-state index contributed by atoms with van der Waals surface area (Å²) in [5, 5.41) is 6.70.